The second-order valence-corrected chi connectivity index (χ2v) is 6.35. The Bertz CT molecular complexity index is 686. The molecule has 126 valence electrons. The molecule has 2 aromatic carbocycles. The van der Waals surface area contributed by atoms with Crippen molar-refractivity contribution in [2.75, 3.05) is 13.7 Å². The Labute approximate surface area is 150 Å². The van der Waals surface area contributed by atoms with Crippen molar-refractivity contribution in [2.24, 2.45) is 0 Å². The van der Waals surface area contributed by atoms with Crippen molar-refractivity contribution in [2.45, 2.75) is 19.4 Å². The number of ketones is 1. The van der Waals surface area contributed by atoms with Crippen LogP contribution in [0.4, 0.5) is 4.79 Å². The largest absolute Gasteiger partial charge is 0.453 e. The van der Waals surface area contributed by atoms with E-state index in [1.807, 2.05) is 49.4 Å². The quantitative estimate of drug-likeness (QED) is 0.663. The van der Waals surface area contributed by atoms with Gasteiger partial charge in [-0.05, 0) is 24.6 Å². The van der Waals surface area contributed by atoms with E-state index in [0.29, 0.717) is 12.1 Å². The third-order valence-corrected chi connectivity index (χ3v) is 4.43. The van der Waals surface area contributed by atoms with Gasteiger partial charge in [0.05, 0.1) is 13.2 Å². The van der Waals surface area contributed by atoms with Crippen molar-refractivity contribution >= 4 is 27.8 Å². The Morgan fingerprint density at radius 3 is 2.29 bits per heavy atom. The molecule has 0 aliphatic carbocycles. The van der Waals surface area contributed by atoms with E-state index < -0.39 is 6.09 Å². The molecular formula is C19H20BrNO3. The smallest absolute Gasteiger partial charge is 0.409 e. The average Bonchev–Trinajstić information content (AvgIpc) is 2.62. The van der Waals surface area contributed by atoms with E-state index in [1.54, 1.807) is 17.0 Å². The van der Waals surface area contributed by atoms with Crippen LogP contribution in [0, 0.1) is 0 Å². The van der Waals surface area contributed by atoms with Gasteiger partial charge in [0.1, 0.15) is 0 Å². The van der Waals surface area contributed by atoms with Crippen molar-refractivity contribution in [3.8, 4) is 0 Å². The van der Waals surface area contributed by atoms with E-state index in [9.17, 15) is 9.59 Å². The minimum absolute atomic E-state index is 0.00695. The van der Waals surface area contributed by atoms with Crippen LogP contribution in [-0.2, 0) is 4.74 Å². The first-order valence-electron chi connectivity index (χ1n) is 7.71. The Balaban J connectivity index is 2.09. The lowest BCUT2D eigenvalue weighted by Gasteiger charge is -2.28. The molecule has 0 radical (unpaired) electrons. The zero-order chi connectivity index (χ0) is 17.5. The monoisotopic (exact) mass is 389 g/mol. The molecule has 4 nitrogen and oxygen atoms in total. The summed E-state index contributed by atoms with van der Waals surface area (Å²) in [6.07, 6.45) is -0.189. The van der Waals surface area contributed by atoms with Crippen molar-refractivity contribution in [1.29, 1.82) is 0 Å². The Hall–Kier alpha value is -2.14. The molecule has 2 aromatic rings. The lowest BCUT2D eigenvalue weighted by atomic mass is 10.1. The minimum Gasteiger partial charge on any atom is -0.453 e. The van der Waals surface area contributed by atoms with Crippen LogP contribution in [0.25, 0.3) is 0 Å². The van der Waals surface area contributed by atoms with Crippen LogP contribution >= 0.6 is 15.9 Å². The van der Waals surface area contributed by atoms with Gasteiger partial charge in [0, 0.05) is 23.0 Å². The molecule has 5 heteroatoms. The SMILES string of the molecule is COC(=O)N(CCC(=O)c1ccccc1)C(C)c1ccc(Br)cc1. The summed E-state index contributed by atoms with van der Waals surface area (Å²) in [5.41, 5.74) is 1.63. The van der Waals surface area contributed by atoms with Crippen LogP contribution in [-0.4, -0.2) is 30.4 Å². The van der Waals surface area contributed by atoms with Crippen molar-refractivity contribution in [3.63, 3.8) is 0 Å². The van der Waals surface area contributed by atoms with Gasteiger partial charge in [-0.3, -0.25) is 4.79 Å². The zero-order valence-corrected chi connectivity index (χ0v) is 15.3. The van der Waals surface area contributed by atoms with Crippen molar-refractivity contribution < 1.29 is 14.3 Å². The zero-order valence-electron chi connectivity index (χ0n) is 13.7. The number of nitrogens with zero attached hydrogens (tertiary/aromatic N) is 1. The third-order valence-electron chi connectivity index (χ3n) is 3.90. The van der Waals surface area contributed by atoms with Crippen molar-refractivity contribution in [3.05, 3.63) is 70.2 Å². The molecule has 0 saturated heterocycles. The Morgan fingerprint density at radius 1 is 1.08 bits per heavy atom. The summed E-state index contributed by atoms with van der Waals surface area (Å²) in [4.78, 5) is 26.0. The average molecular weight is 390 g/mol. The lowest BCUT2D eigenvalue weighted by Crippen LogP contribution is -2.35. The molecule has 1 unspecified atom stereocenters. The van der Waals surface area contributed by atoms with Crippen molar-refractivity contribution in [1.82, 2.24) is 4.90 Å². The number of carbonyl (C=O) groups is 2. The van der Waals surface area contributed by atoms with Gasteiger partial charge >= 0.3 is 6.09 Å². The van der Waals surface area contributed by atoms with Gasteiger partial charge in [-0.1, -0.05) is 58.4 Å². The predicted molar refractivity (Wildman–Crippen MR) is 97.1 cm³/mol. The summed E-state index contributed by atoms with van der Waals surface area (Å²) < 4.78 is 5.86. The fourth-order valence-electron chi connectivity index (χ4n) is 2.47. The van der Waals surface area contributed by atoms with Gasteiger partial charge in [0.15, 0.2) is 5.78 Å². The molecule has 1 atom stereocenters. The number of rotatable bonds is 6. The minimum atomic E-state index is -0.439. The number of Topliss-reactive ketones (excluding diaryl/α,β-unsaturated/α-hetero) is 1. The Morgan fingerprint density at radius 2 is 1.71 bits per heavy atom. The van der Waals surface area contributed by atoms with Crippen LogP contribution in [0.15, 0.2) is 59.1 Å². The molecule has 0 fully saturated rings. The summed E-state index contributed by atoms with van der Waals surface area (Å²) in [6.45, 7) is 2.23. The van der Waals surface area contributed by atoms with Gasteiger partial charge in [0.2, 0.25) is 0 Å². The number of halogens is 1. The summed E-state index contributed by atoms with van der Waals surface area (Å²) >= 11 is 3.40. The summed E-state index contributed by atoms with van der Waals surface area (Å²) in [6, 6.07) is 16.7. The molecular weight excluding hydrogens is 370 g/mol. The van der Waals surface area contributed by atoms with Crippen LogP contribution in [0.5, 0.6) is 0 Å². The fraction of sp³-hybridized carbons (Fsp3) is 0.263. The van der Waals surface area contributed by atoms with E-state index in [-0.39, 0.29) is 18.2 Å². The van der Waals surface area contributed by atoms with E-state index in [1.165, 1.54) is 7.11 Å². The first kappa shape index (κ1) is 18.2. The molecule has 1 amide bonds. The third kappa shape index (κ3) is 4.68. The summed E-state index contributed by atoms with van der Waals surface area (Å²) in [7, 11) is 1.35. The standard InChI is InChI=1S/C19H20BrNO3/c1-14(15-8-10-17(20)11-9-15)21(19(23)24-2)13-12-18(22)16-6-4-3-5-7-16/h3-11,14H,12-13H2,1-2H3. The van der Waals surface area contributed by atoms with Gasteiger partial charge in [0.25, 0.3) is 0 Å². The van der Waals surface area contributed by atoms with Gasteiger partial charge in [-0.25, -0.2) is 4.79 Å². The highest BCUT2D eigenvalue weighted by atomic mass is 79.9. The molecule has 0 heterocycles. The summed E-state index contributed by atoms with van der Waals surface area (Å²) in [5.74, 6) is 0.00695. The number of hydrogen-bond acceptors (Lipinski definition) is 3. The molecule has 2 rings (SSSR count). The first-order chi connectivity index (χ1) is 11.5. The molecule has 0 aliphatic heterocycles. The highest BCUT2D eigenvalue weighted by molar-refractivity contribution is 9.10. The summed E-state index contributed by atoms with van der Waals surface area (Å²) in [5, 5.41) is 0. The van der Waals surface area contributed by atoms with Gasteiger partial charge < -0.3 is 9.64 Å². The van der Waals surface area contributed by atoms with Crippen LogP contribution in [0.2, 0.25) is 0 Å². The predicted octanol–water partition coefficient (Wildman–Crippen LogP) is 4.85. The number of ether oxygens (including phenoxy) is 1. The van der Waals surface area contributed by atoms with Crippen LogP contribution < -0.4 is 0 Å². The molecule has 0 bridgehead atoms. The molecule has 0 spiro atoms. The molecule has 0 aliphatic rings. The molecule has 0 saturated carbocycles. The molecule has 24 heavy (non-hydrogen) atoms. The second kappa shape index (κ2) is 8.64. The fourth-order valence-corrected chi connectivity index (χ4v) is 2.74. The lowest BCUT2D eigenvalue weighted by molar-refractivity contribution is 0.0911. The number of benzene rings is 2. The number of carbonyl (C=O) groups excluding carboxylic acids is 2. The van der Waals surface area contributed by atoms with Gasteiger partial charge in [-0.15, -0.1) is 0 Å². The normalized spacial score (nSPS) is 11.6. The van der Waals surface area contributed by atoms with Crippen LogP contribution in [0.1, 0.15) is 35.3 Å². The van der Waals surface area contributed by atoms with Crippen LogP contribution in [0.3, 0.4) is 0 Å². The highest BCUT2D eigenvalue weighted by Gasteiger charge is 2.23. The molecule has 0 N–H and O–H groups in total. The Kier molecular flexibility index (Phi) is 6.55. The van der Waals surface area contributed by atoms with E-state index in [2.05, 4.69) is 15.9 Å². The van der Waals surface area contributed by atoms with E-state index in [4.69, 9.17) is 4.74 Å². The number of amides is 1. The maximum Gasteiger partial charge on any atom is 0.409 e. The molecule has 0 aromatic heterocycles. The maximum atomic E-state index is 12.3. The number of hydrogen-bond donors (Lipinski definition) is 0. The van der Waals surface area contributed by atoms with E-state index >= 15 is 0 Å². The first-order valence-corrected chi connectivity index (χ1v) is 8.50. The second-order valence-electron chi connectivity index (χ2n) is 5.43. The van der Waals surface area contributed by atoms with Gasteiger partial charge in [-0.2, -0.15) is 0 Å². The topological polar surface area (TPSA) is 46.6 Å². The maximum absolute atomic E-state index is 12.3. The highest BCUT2D eigenvalue weighted by Crippen LogP contribution is 2.23. The number of methoxy groups -OCH3 is 1. The van der Waals surface area contributed by atoms with E-state index in [0.717, 1.165) is 10.0 Å².